The third-order valence-electron chi connectivity index (χ3n) is 4.64. The molecule has 0 radical (unpaired) electrons. The number of aryl methyl sites for hydroxylation is 1. The van der Waals surface area contributed by atoms with Crippen LogP contribution in [-0.2, 0) is 13.6 Å². The number of hydrogen-bond acceptors (Lipinski definition) is 2. The van der Waals surface area contributed by atoms with Crippen LogP contribution in [0.25, 0.3) is 11.0 Å². The molecule has 1 aliphatic rings. The van der Waals surface area contributed by atoms with E-state index in [4.69, 9.17) is 0 Å². The number of nitrogens with zero attached hydrogens (tertiary/aromatic N) is 3. The van der Waals surface area contributed by atoms with Gasteiger partial charge in [0.25, 0.3) is 0 Å². The monoisotopic (exact) mass is 453 g/mol. The van der Waals surface area contributed by atoms with Gasteiger partial charge in [-0.05, 0) is 44.2 Å². The molecule has 0 aliphatic heterocycles. The van der Waals surface area contributed by atoms with Crippen molar-refractivity contribution in [3.05, 3.63) is 41.7 Å². The van der Waals surface area contributed by atoms with Crippen molar-refractivity contribution in [3.8, 4) is 0 Å². The number of aromatic nitrogens is 2. The molecule has 6 heteroatoms. The predicted octanol–water partition coefficient (Wildman–Crippen LogP) is 3.75. The number of guanidine groups is 1. The third kappa shape index (κ3) is 5.20. The Morgan fingerprint density at radius 3 is 2.80 bits per heavy atom. The predicted molar refractivity (Wildman–Crippen MR) is 115 cm³/mol. The van der Waals surface area contributed by atoms with Crippen molar-refractivity contribution in [1.82, 2.24) is 20.2 Å². The molecule has 0 saturated carbocycles. The smallest absolute Gasteiger partial charge is 0.191 e. The number of halogens is 1. The van der Waals surface area contributed by atoms with Gasteiger partial charge in [0.15, 0.2) is 5.96 Å². The summed E-state index contributed by atoms with van der Waals surface area (Å²) in [6, 6.07) is 8.20. The lowest BCUT2D eigenvalue weighted by atomic mass is 9.97. The van der Waals surface area contributed by atoms with E-state index in [0.717, 1.165) is 35.8 Å². The maximum absolute atomic E-state index is 4.68. The maximum Gasteiger partial charge on any atom is 0.191 e. The van der Waals surface area contributed by atoms with E-state index >= 15 is 0 Å². The fourth-order valence-electron chi connectivity index (χ4n) is 3.21. The first kappa shape index (κ1) is 19.8. The molecular formula is C19H28IN5. The zero-order chi connectivity index (χ0) is 16.8. The standard InChI is InChI=1S/C19H27N5.HI/c1-20-19(21-13-12-15-8-4-3-5-9-15)22-14-18-23-16-10-6-7-11-17(16)24(18)2;/h6-8,10-11H,3-5,9,12-14H2,1-2H3,(H2,20,21,22);1H. The molecule has 2 aromatic rings. The number of rotatable bonds is 5. The fourth-order valence-corrected chi connectivity index (χ4v) is 3.21. The minimum absolute atomic E-state index is 0. The Labute approximate surface area is 167 Å². The first-order valence-corrected chi connectivity index (χ1v) is 8.80. The van der Waals surface area contributed by atoms with Crippen LogP contribution in [0.5, 0.6) is 0 Å². The summed E-state index contributed by atoms with van der Waals surface area (Å²) in [5.74, 6) is 1.84. The first-order valence-electron chi connectivity index (χ1n) is 8.80. The number of imidazole rings is 1. The van der Waals surface area contributed by atoms with Crippen LogP contribution in [0, 0.1) is 0 Å². The molecule has 5 nitrogen and oxygen atoms in total. The van der Waals surface area contributed by atoms with Gasteiger partial charge in [0.05, 0.1) is 17.6 Å². The van der Waals surface area contributed by atoms with E-state index in [1.807, 2.05) is 25.2 Å². The highest BCUT2D eigenvalue weighted by Crippen LogP contribution is 2.19. The summed E-state index contributed by atoms with van der Waals surface area (Å²) < 4.78 is 2.13. The van der Waals surface area contributed by atoms with Crippen LogP contribution in [0.4, 0.5) is 0 Å². The minimum atomic E-state index is 0. The van der Waals surface area contributed by atoms with E-state index in [9.17, 15) is 0 Å². The number of para-hydroxylation sites is 2. The van der Waals surface area contributed by atoms with Crippen molar-refractivity contribution in [3.63, 3.8) is 0 Å². The zero-order valence-electron chi connectivity index (χ0n) is 15.1. The Morgan fingerprint density at radius 2 is 2.08 bits per heavy atom. The van der Waals surface area contributed by atoms with Crippen LogP contribution in [0.3, 0.4) is 0 Å². The van der Waals surface area contributed by atoms with E-state index in [1.165, 1.54) is 25.7 Å². The lowest BCUT2D eigenvalue weighted by molar-refractivity contribution is 0.663. The lowest BCUT2D eigenvalue weighted by Gasteiger charge is -2.15. The van der Waals surface area contributed by atoms with Crippen LogP contribution in [0.15, 0.2) is 40.9 Å². The van der Waals surface area contributed by atoms with Crippen molar-refractivity contribution < 1.29 is 0 Å². The van der Waals surface area contributed by atoms with Gasteiger partial charge in [-0.25, -0.2) is 4.98 Å². The zero-order valence-corrected chi connectivity index (χ0v) is 17.4. The molecule has 25 heavy (non-hydrogen) atoms. The van der Waals surface area contributed by atoms with Gasteiger partial charge in [-0.1, -0.05) is 23.8 Å². The van der Waals surface area contributed by atoms with Crippen molar-refractivity contribution in [1.29, 1.82) is 0 Å². The molecule has 0 fully saturated rings. The highest BCUT2D eigenvalue weighted by molar-refractivity contribution is 14.0. The Balaban J connectivity index is 0.00000225. The molecule has 0 saturated heterocycles. The molecular weight excluding hydrogens is 425 g/mol. The molecule has 0 atom stereocenters. The molecule has 1 aromatic heterocycles. The van der Waals surface area contributed by atoms with Crippen LogP contribution >= 0.6 is 24.0 Å². The summed E-state index contributed by atoms with van der Waals surface area (Å²) in [7, 11) is 3.86. The number of benzene rings is 1. The van der Waals surface area contributed by atoms with E-state index in [2.05, 4.69) is 44.4 Å². The average molecular weight is 453 g/mol. The molecule has 0 amide bonds. The molecule has 136 valence electrons. The highest BCUT2D eigenvalue weighted by Gasteiger charge is 2.08. The van der Waals surface area contributed by atoms with Crippen molar-refractivity contribution in [2.24, 2.45) is 12.0 Å². The Kier molecular flexibility index (Phi) is 7.74. The highest BCUT2D eigenvalue weighted by atomic mass is 127. The second-order valence-corrected chi connectivity index (χ2v) is 6.29. The Bertz CT molecular complexity index is 747. The van der Waals surface area contributed by atoms with Gasteiger partial charge in [0.2, 0.25) is 0 Å². The molecule has 1 heterocycles. The molecule has 1 aromatic carbocycles. The van der Waals surface area contributed by atoms with Gasteiger partial charge in [0.1, 0.15) is 5.82 Å². The van der Waals surface area contributed by atoms with Crippen molar-refractivity contribution >= 4 is 41.0 Å². The summed E-state index contributed by atoms with van der Waals surface area (Å²) in [5.41, 5.74) is 3.77. The molecule has 3 rings (SSSR count). The molecule has 2 N–H and O–H groups in total. The van der Waals surface area contributed by atoms with E-state index in [0.29, 0.717) is 6.54 Å². The van der Waals surface area contributed by atoms with E-state index in [-0.39, 0.29) is 24.0 Å². The molecule has 1 aliphatic carbocycles. The normalized spacial score (nSPS) is 14.8. The number of hydrogen-bond donors (Lipinski definition) is 2. The SMILES string of the molecule is CN=C(NCCC1=CCCCC1)NCc1nc2ccccc2n1C.I. The number of aliphatic imine (C=N–C) groups is 1. The number of allylic oxidation sites excluding steroid dienone is 1. The summed E-state index contributed by atoms with van der Waals surface area (Å²) in [6.45, 7) is 1.58. The minimum Gasteiger partial charge on any atom is -0.356 e. The largest absolute Gasteiger partial charge is 0.356 e. The summed E-state index contributed by atoms with van der Waals surface area (Å²) in [5, 5.41) is 6.76. The number of nitrogens with one attached hydrogen (secondary N) is 2. The molecule has 0 unspecified atom stereocenters. The summed E-state index contributed by atoms with van der Waals surface area (Å²) >= 11 is 0. The quantitative estimate of drug-likeness (QED) is 0.314. The second kappa shape index (κ2) is 9.79. The second-order valence-electron chi connectivity index (χ2n) is 6.29. The van der Waals surface area contributed by atoms with Crippen LogP contribution in [-0.4, -0.2) is 29.1 Å². The van der Waals surface area contributed by atoms with Crippen molar-refractivity contribution in [2.45, 2.75) is 38.6 Å². The topological polar surface area (TPSA) is 54.2 Å². The lowest BCUT2D eigenvalue weighted by Crippen LogP contribution is -2.38. The van der Waals surface area contributed by atoms with Crippen LogP contribution in [0.2, 0.25) is 0 Å². The van der Waals surface area contributed by atoms with E-state index < -0.39 is 0 Å². The number of fused-ring (bicyclic) bond motifs is 1. The Hall–Kier alpha value is -1.57. The first-order chi connectivity index (χ1) is 11.8. The average Bonchev–Trinajstić information content (AvgIpc) is 2.95. The van der Waals surface area contributed by atoms with Gasteiger partial charge in [-0.2, -0.15) is 0 Å². The van der Waals surface area contributed by atoms with Gasteiger partial charge in [-0.3, -0.25) is 4.99 Å². The van der Waals surface area contributed by atoms with Crippen molar-refractivity contribution in [2.75, 3.05) is 13.6 Å². The Morgan fingerprint density at radius 1 is 1.24 bits per heavy atom. The van der Waals surface area contributed by atoms with Gasteiger partial charge < -0.3 is 15.2 Å². The third-order valence-corrected chi connectivity index (χ3v) is 4.64. The fraction of sp³-hybridized carbons (Fsp3) is 0.474. The van der Waals surface area contributed by atoms with E-state index in [1.54, 1.807) is 5.57 Å². The van der Waals surface area contributed by atoms with Gasteiger partial charge in [0, 0.05) is 20.6 Å². The summed E-state index contributed by atoms with van der Waals surface area (Å²) in [6.07, 6.45) is 8.69. The van der Waals surface area contributed by atoms with Crippen LogP contribution < -0.4 is 10.6 Å². The van der Waals surface area contributed by atoms with Gasteiger partial charge in [-0.15, -0.1) is 24.0 Å². The van der Waals surface area contributed by atoms with Gasteiger partial charge >= 0.3 is 0 Å². The van der Waals surface area contributed by atoms with Crippen LogP contribution in [0.1, 0.15) is 37.9 Å². The maximum atomic E-state index is 4.68. The summed E-state index contributed by atoms with van der Waals surface area (Å²) in [4.78, 5) is 8.99. The molecule has 0 spiro atoms. The molecule has 0 bridgehead atoms.